The van der Waals surface area contributed by atoms with Crippen molar-refractivity contribution in [3.63, 3.8) is 0 Å². The first-order chi connectivity index (χ1) is 14.2. The van der Waals surface area contributed by atoms with Gasteiger partial charge in [0.2, 0.25) is 0 Å². The van der Waals surface area contributed by atoms with Crippen LogP contribution in [0.15, 0.2) is 6.07 Å². The predicted octanol–water partition coefficient (Wildman–Crippen LogP) is 8.03. The van der Waals surface area contributed by atoms with Crippen molar-refractivity contribution in [3.8, 4) is 17.2 Å². The molecule has 3 nitrogen and oxygen atoms in total. The first-order valence-corrected chi connectivity index (χ1v) is 12.4. The molecule has 172 valence electrons. The molecule has 2 rings (SSSR count). The average molecular weight is 419 g/mol. The van der Waals surface area contributed by atoms with E-state index in [4.69, 9.17) is 0 Å². The van der Waals surface area contributed by atoms with Crippen LogP contribution in [0.3, 0.4) is 0 Å². The third-order valence-corrected chi connectivity index (χ3v) is 7.50. The topological polar surface area (TPSA) is 60.7 Å². The summed E-state index contributed by atoms with van der Waals surface area (Å²) in [5.74, 6) is -0.0342. The van der Waals surface area contributed by atoms with Gasteiger partial charge in [0.1, 0.15) is 5.75 Å². The normalized spacial score (nSPS) is 15.5. The molecule has 1 aromatic carbocycles. The minimum absolute atomic E-state index is 0.0934. The van der Waals surface area contributed by atoms with E-state index in [1.54, 1.807) is 6.07 Å². The van der Waals surface area contributed by atoms with Crippen molar-refractivity contribution in [1.29, 1.82) is 0 Å². The Labute approximate surface area is 184 Å². The summed E-state index contributed by atoms with van der Waals surface area (Å²) in [7, 11) is 0. The monoisotopic (exact) mass is 418 g/mol. The maximum absolute atomic E-state index is 10.7. The molecule has 0 spiro atoms. The standard InChI is InChI=1S/C27H46O3/c1-5-26(2,3)16-12-8-7-11-15-22-24(29)21(20-23(28)25(22)30)14-10-6-9-13-17-27(4)18-19-27/h20,28-30H,5-19H2,1-4H3. The summed E-state index contributed by atoms with van der Waals surface area (Å²) in [6.07, 6.45) is 17.1. The smallest absolute Gasteiger partial charge is 0.164 e. The van der Waals surface area contributed by atoms with Gasteiger partial charge in [-0.1, -0.05) is 72.6 Å². The second-order valence-electron chi connectivity index (χ2n) is 10.9. The first-order valence-electron chi connectivity index (χ1n) is 12.4. The van der Waals surface area contributed by atoms with Gasteiger partial charge in [0.15, 0.2) is 11.5 Å². The summed E-state index contributed by atoms with van der Waals surface area (Å²) >= 11 is 0. The van der Waals surface area contributed by atoms with Crippen LogP contribution in [-0.2, 0) is 12.8 Å². The van der Waals surface area contributed by atoms with E-state index in [1.807, 2.05) is 0 Å². The van der Waals surface area contributed by atoms with Crippen molar-refractivity contribution in [1.82, 2.24) is 0 Å². The third kappa shape index (κ3) is 8.04. The van der Waals surface area contributed by atoms with Crippen LogP contribution in [0.4, 0.5) is 0 Å². The quantitative estimate of drug-likeness (QED) is 0.153. The van der Waals surface area contributed by atoms with Crippen LogP contribution >= 0.6 is 0 Å². The average Bonchev–Trinajstić information content (AvgIpc) is 3.44. The van der Waals surface area contributed by atoms with Crippen molar-refractivity contribution in [2.75, 3.05) is 0 Å². The fourth-order valence-electron chi connectivity index (χ4n) is 4.31. The lowest BCUT2D eigenvalue weighted by Gasteiger charge is -2.22. The minimum atomic E-state index is -0.138. The Balaban J connectivity index is 1.74. The zero-order chi connectivity index (χ0) is 22.2. The molecular formula is C27H46O3. The van der Waals surface area contributed by atoms with Gasteiger partial charge in [-0.15, -0.1) is 0 Å². The Morgan fingerprint density at radius 1 is 0.833 bits per heavy atom. The molecule has 0 radical (unpaired) electrons. The van der Waals surface area contributed by atoms with E-state index in [0.29, 0.717) is 22.8 Å². The van der Waals surface area contributed by atoms with Crippen molar-refractivity contribution in [2.24, 2.45) is 10.8 Å². The number of benzene rings is 1. The highest BCUT2D eigenvalue weighted by atomic mass is 16.3. The number of hydrogen-bond acceptors (Lipinski definition) is 3. The fraction of sp³-hybridized carbons (Fsp3) is 0.778. The van der Waals surface area contributed by atoms with Gasteiger partial charge in [0.25, 0.3) is 0 Å². The molecule has 0 aromatic heterocycles. The Bertz CT molecular complexity index is 659. The lowest BCUT2D eigenvalue weighted by Crippen LogP contribution is -2.08. The molecule has 0 saturated heterocycles. The van der Waals surface area contributed by atoms with E-state index in [-0.39, 0.29) is 17.2 Å². The molecule has 1 fully saturated rings. The molecule has 0 aliphatic heterocycles. The van der Waals surface area contributed by atoms with Crippen molar-refractivity contribution < 1.29 is 15.3 Å². The Kier molecular flexibility index (Phi) is 9.37. The highest BCUT2D eigenvalue weighted by Crippen LogP contribution is 2.49. The number of aromatic hydroxyl groups is 3. The number of phenolic OH excluding ortho intramolecular Hbond substituents is 3. The van der Waals surface area contributed by atoms with Gasteiger partial charge in [-0.05, 0) is 73.8 Å². The summed E-state index contributed by atoms with van der Waals surface area (Å²) in [4.78, 5) is 0. The molecule has 0 heterocycles. The number of phenols is 3. The summed E-state index contributed by atoms with van der Waals surface area (Å²) in [5.41, 5.74) is 2.37. The van der Waals surface area contributed by atoms with Gasteiger partial charge in [-0.2, -0.15) is 0 Å². The van der Waals surface area contributed by atoms with Crippen LogP contribution in [0, 0.1) is 10.8 Å². The van der Waals surface area contributed by atoms with E-state index in [9.17, 15) is 15.3 Å². The van der Waals surface area contributed by atoms with Gasteiger partial charge in [0.05, 0.1) is 0 Å². The maximum Gasteiger partial charge on any atom is 0.164 e. The minimum Gasteiger partial charge on any atom is -0.507 e. The van der Waals surface area contributed by atoms with Crippen LogP contribution < -0.4 is 0 Å². The Morgan fingerprint density at radius 3 is 2.07 bits per heavy atom. The van der Waals surface area contributed by atoms with E-state index in [1.165, 1.54) is 57.8 Å². The molecular weight excluding hydrogens is 372 g/mol. The summed E-state index contributed by atoms with van der Waals surface area (Å²) in [6, 6.07) is 1.55. The van der Waals surface area contributed by atoms with Gasteiger partial charge < -0.3 is 15.3 Å². The van der Waals surface area contributed by atoms with E-state index >= 15 is 0 Å². The van der Waals surface area contributed by atoms with Gasteiger partial charge in [-0.3, -0.25) is 0 Å². The van der Waals surface area contributed by atoms with Crippen molar-refractivity contribution in [3.05, 3.63) is 17.2 Å². The molecule has 0 amide bonds. The predicted molar refractivity (Wildman–Crippen MR) is 126 cm³/mol. The van der Waals surface area contributed by atoms with Gasteiger partial charge >= 0.3 is 0 Å². The molecule has 3 N–H and O–H groups in total. The van der Waals surface area contributed by atoms with Crippen molar-refractivity contribution in [2.45, 2.75) is 124 Å². The molecule has 1 aromatic rings. The number of hydrogen-bond donors (Lipinski definition) is 3. The summed E-state index contributed by atoms with van der Waals surface area (Å²) in [6.45, 7) is 9.28. The number of unbranched alkanes of at least 4 members (excludes halogenated alkanes) is 6. The molecule has 0 unspecified atom stereocenters. The van der Waals surface area contributed by atoms with Gasteiger partial charge in [-0.25, -0.2) is 0 Å². The second-order valence-corrected chi connectivity index (χ2v) is 10.9. The third-order valence-electron chi connectivity index (χ3n) is 7.50. The zero-order valence-corrected chi connectivity index (χ0v) is 20.0. The van der Waals surface area contributed by atoms with E-state index in [0.717, 1.165) is 37.7 Å². The number of rotatable bonds is 15. The lowest BCUT2D eigenvalue weighted by atomic mass is 9.84. The Hall–Kier alpha value is -1.38. The molecule has 1 aliphatic carbocycles. The SMILES string of the molecule is CCC(C)(C)CCCCCCc1c(O)c(O)cc(CCCCCCC2(C)CC2)c1O. The van der Waals surface area contributed by atoms with E-state index < -0.39 is 0 Å². The number of aryl methyl sites for hydroxylation is 1. The van der Waals surface area contributed by atoms with Gasteiger partial charge in [0, 0.05) is 5.56 Å². The highest BCUT2D eigenvalue weighted by molar-refractivity contribution is 5.56. The summed E-state index contributed by atoms with van der Waals surface area (Å²) < 4.78 is 0. The highest BCUT2D eigenvalue weighted by Gasteiger charge is 2.35. The van der Waals surface area contributed by atoms with Crippen LogP contribution in [-0.4, -0.2) is 15.3 Å². The fourth-order valence-corrected chi connectivity index (χ4v) is 4.31. The molecule has 0 atom stereocenters. The van der Waals surface area contributed by atoms with Crippen LogP contribution in [0.5, 0.6) is 17.2 Å². The largest absolute Gasteiger partial charge is 0.507 e. The van der Waals surface area contributed by atoms with Crippen LogP contribution in [0.25, 0.3) is 0 Å². The van der Waals surface area contributed by atoms with Crippen LogP contribution in [0.1, 0.15) is 122 Å². The van der Waals surface area contributed by atoms with Crippen molar-refractivity contribution >= 4 is 0 Å². The molecule has 0 bridgehead atoms. The molecule has 3 heteroatoms. The molecule has 30 heavy (non-hydrogen) atoms. The van der Waals surface area contributed by atoms with Crippen LogP contribution in [0.2, 0.25) is 0 Å². The molecule has 1 saturated carbocycles. The summed E-state index contributed by atoms with van der Waals surface area (Å²) in [5, 5.41) is 31.1. The second kappa shape index (κ2) is 11.3. The maximum atomic E-state index is 10.7. The lowest BCUT2D eigenvalue weighted by molar-refractivity contribution is 0.307. The zero-order valence-electron chi connectivity index (χ0n) is 20.0. The van der Waals surface area contributed by atoms with E-state index in [2.05, 4.69) is 27.7 Å². The Morgan fingerprint density at radius 2 is 1.43 bits per heavy atom. The first kappa shape index (κ1) is 24.9. The molecule has 1 aliphatic rings.